The Labute approximate surface area is 132 Å². The van der Waals surface area contributed by atoms with E-state index in [2.05, 4.69) is 0 Å². The van der Waals surface area contributed by atoms with Crippen LogP contribution < -0.4 is 0 Å². The zero-order valence-corrected chi connectivity index (χ0v) is 14.1. The molecule has 0 aliphatic carbocycles. The summed E-state index contributed by atoms with van der Waals surface area (Å²) in [7, 11) is 0. The molecule has 0 radical (unpaired) electrons. The number of nitrogens with zero attached hydrogens (tertiary/aromatic N) is 1. The first-order valence-corrected chi connectivity index (χ1v) is 7.55. The van der Waals surface area contributed by atoms with Gasteiger partial charge < -0.3 is 14.7 Å². The average Bonchev–Trinajstić information content (AvgIpc) is 2.37. The van der Waals surface area contributed by atoms with Crippen LogP contribution in [0.15, 0.2) is 30.3 Å². The van der Waals surface area contributed by atoms with Crippen molar-refractivity contribution in [1.29, 1.82) is 0 Å². The molecule has 1 atom stereocenters. The number of hydroxylamine groups is 2. The molecule has 0 fully saturated rings. The number of ether oxygens (including phenoxy) is 1. The van der Waals surface area contributed by atoms with Crippen LogP contribution in [-0.4, -0.2) is 34.6 Å². The second-order valence-corrected chi connectivity index (χ2v) is 6.61. The van der Waals surface area contributed by atoms with Gasteiger partial charge in [0.1, 0.15) is 5.60 Å². The third-order valence-corrected chi connectivity index (χ3v) is 3.09. The lowest BCUT2D eigenvalue weighted by molar-refractivity contribution is -0.187. The maximum absolute atomic E-state index is 11.9. The van der Waals surface area contributed by atoms with Crippen molar-refractivity contribution in [3.05, 3.63) is 35.9 Å². The minimum atomic E-state index is -0.762. The van der Waals surface area contributed by atoms with Gasteiger partial charge in [-0.25, -0.2) is 4.79 Å². The molecule has 0 amide bonds. The lowest BCUT2D eigenvalue weighted by Crippen LogP contribution is -2.43. The number of rotatable bonds is 6. The minimum absolute atomic E-state index is 0.104. The van der Waals surface area contributed by atoms with E-state index in [1.54, 1.807) is 20.8 Å². The molecule has 1 N–H and O–H groups in total. The minimum Gasteiger partial charge on any atom is -0.427 e. The van der Waals surface area contributed by atoms with Gasteiger partial charge in [0.15, 0.2) is 0 Å². The first-order chi connectivity index (χ1) is 10.2. The third-order valence-electron chi connectivity index (χ3n) is 3.09. The largest absolute Gasteiger partial charge is 0.528 e. The normalized spacial score (nSPS) is 13.3. The SMILES string of the molecule is CC(C)[C@H](CO)N(Cc1ccccc1)OC(=O)OC(C)(C)C. The van der Waals surface area contributed by atoms with E-state index in [1.807, 2.05) is 44.2 Å². The molecule has 1 rings (SSSR count). The topological polar surface area (TPSA) is 59.0 Å². The van der Waals surface area contributed by atoms with Gasteiger partial charge in [0.05, 0.1) is 19.2 Å². The number of carbonyl (C=O) groups is 1. The number of carbonyl (C=O) groups excluding carboxylic acids is 1. The second-order valence-electron chi connectivity index (χ2n) is 6.61. The Balaban J connectivity index is 2.84. The van der Waals surface area contributed by atoms with E-state index in [0.717, 1.165) is 5.56 Å². The fourth-order valence-corrected chi connectivity index (χ4v) is 1.98. The fraction of sp³-hybridized carbons (Fsp3) is 0.588. The number of aliphatic hydroxyl groups excluding tert-OH is 1. The van der Waals surface area contributed by atoms with E-state index in [4.69, 9.17) is 9.57 Å². The van der Waals surface area contributed by atoms with Crippen LogP contribution in [0.3, 0.4) is 0 Å². The monoisotopic (exact) mass is 309 g/mol. The van der Waals surface area contributed by atoms with Gasteiger partial charge >= 0.3 is 6.16 Å². The van der Waals surface area contributed by atoms with Crippen LogP contribution in [0.5, 0.6) is 0 Å². The molecule has 5 nitrogen and oxygen atoms in total. The summed E-state index contributed by atoms with van der Waals surface area (Å²) in [4.78, 5) is 17.3. The van der Waals surface area contributed by atoms with Gasteiger partial charge in [-0.15, -0.1) is 5.06 Å². The lowest BCUT2D eigenvalue weighted by Gasteiger charge is -2.32. The van der Waals surface area contributed by atoms with Crippen LogP contribution in [-0.2, 0) is 16.1 Å². The van der Waals surface area contributed by atoms with Crippen molar-refractivity contribution in [3.63, 3.8) is 0 Å². The summed E-state index contributed by atoms with van der Waals surface area (Å²) in [6.45, 7) is 9.57. The Morgan fingerprint density at radius 1 is 1.23 bits per heavy atom. The van der Waals surface area contributed by atoms with E-state index in [1.165, 1.54) is 5.06 Å². The van der Waals surface area contributed by atoms with Crippen LogP contribution in [0.1, 0.15) is 40.2 Å². The van der Waals surface area contributed by atoms with Gasteiger partial charge in [0, 0.05) is 0 Å². The molecule has 0 aromatic heterocycles. The molecule has 0 saturated carbocycles. The Morgan fingerprint density at radius 3 is 2.27 bits per heavy atom. The Kier molecular flexibility index (Phi) is 6.84. The van der Waals surface area contributed by atoms with Gasteiger partial charge in [-0.2, -0.15) is 0 Å². The van der Waals surface area contributed by atoms with Gasteiger partial charge in [-0.3, -0.25) is 0 Å². The van der Waals surface area contributed by atoms with Crippen LogP contribution >= 0.6 is 0 Å². The predicted octanol–water partition coefficient (Wildman–Crippen LogP) is 3.37. The molecule has 22 heavy (non-hydrogen) atoms. The van der Waals surface area contributed by atoms with Gasteiger partial charge in [-0.05, 0) is 32.3 Å². The van der Waals surface area contributed by atoms with Crippen LogP contribution in [0.25, 0.3) is 0 Å². The van der Waals surface area contributed by atoms with E-state index in [9.17, 15) is 9.90 Å². The zero-order chi connectivity index (χ0) is 16.8. The molecule has 1 aromatic carbocycles. The molecule has 0 heterocycles. The van der Waals surface area contributed by atoms with Crippen molar-refractivity contribution >= 4 is 6.16 Å². The summed E-state index contributed by atoms with van der Waals surface area (Å²) in [6, 6.07) is 9.36. The number of hydrogen-bond acceptors (Lipinski definition) is 5. The Morgan fingerprint density at radius 2 is 1.82 bits per heavy atom. The van der Waals surface area contributed by atoms with E-state index in [0.29, 0.717) is 6.54 Å². The van der Waals surface area contributed by atoms with Gasteiger partial charge in [-0.1, -0.05) is 44.2 Å². The summed E-state index contributed by atoms with van der Waals surface area (Å²) in [5.74, 6) is 0.121. The smallest absolute Gasteiger partial charge is 0.427 e. The van der Waals surface area contributed by atoms with Crippen LogP contribution in [0.4, 0.5) is 4.79 Å². The first-order valence-electron chi connectivity index (χ1n) is 7.55. The van der Waals surface area contributed by atoms with Crippen molar-refractivity contribution in [2.75, 3.05) is 6.61 Å². The summed E-state index contributed by atoms with van der Waals surface area (Å²) in [6.07, 6.45) is -0.762. The highest BCUT2D eigenvalue weighted by Crippen LogP contribution is 2.17. The highest BCUT2D eigenvalue weighted by Gasteiger charge is 2.27. The van der Waals surface area contributed by atoms with Crippen molar-refractivity contribution in [2.24, 2.45) is 5.92 Å². The molecule has 0 spiro atoms. The maximum Gasteiger partial charge on any atom is 0.528 e. The lowest BCUT2D eigenvalue weighted by atomic mass is 10.0. The molecular formula is C17H27NO4. The van der Waals surface area contributed by atoms with Crippen molar-refractivity contribution in [3.8, 4) is 0 Å². The summed E-state index contributed by atoms with van der Waals surface area (Å²) < 4.78 is 5.20. The fourth-order valence-electron chi connectivity index (χ4n) is 1.98. The van der Waals surface area contributed by atoms with Crippen molar-refractivity contribution < 1.29 is 19.5 Å². The highest BCUT2D eigenvalue weighted by molar-refractivity contribution is 5.60. The maximum atomic E-state index is 11.9. The molecule has 5 heteroatoms. The average molecular weight is 309 g/mol. The molecule has 0 saturated heterocycles. The molecule has 0 aliphatic heterocycles. The van der Waals surface area contributed by atoms with Crippen LogP contribution in [0.2, 0.25) is 0 Å². The summed E-state index contributed by atoms with van der Waals surface area (Å²) >= 11 is 0. The van der Waals surface area contributed by atoms with Crippen molar-refractivity contribution in [1.82, 2.24) is 5.06 Å². The molecule has 124 valence electrons. The summed E-state index contributed by atoms with van der Waals surface area (Å²) in [5.41, 5.74) is 0.368. The first kappa shape index (κ1) is 18.5. The third kappa shape index (κ3) is 6.45. The van der Waals surface area contributed by atoms with E-state index < -0.39 is 11.8 Å². The molecule has 0 aliphatic rings. The quantitative estimate of drug-likeness (QED) is 0.645. The molecular weight excluding hydrogens is 282 g/mol. The predicted molar refractivity (Wildman–Crippen MR) is 85.0 cm³/mol. The molecule has 0 unspecified atom stereocenters. The van der Waals surface area contributed by atoms with E-state index in [-0.39, 0.29) is 18.6 Å². The molecule has 1 aromatic rings. The number of hydrogen-bond donors (Lipinski definition) is 1. The highest BCUT2D eigenvalue weighted by atomic mass is 16.8. The Hall–Kier alpha value is -1.59. The summed E-state index contributed by atoms with van der Waals surface area (Å²) in [5, 5.41) is 11.1. The van der Waals surface area contributed by atoms with Gasteiger partial charge in [0.25, 0.3) is 0 Å². The number of aliphatic hydroxyl groups is 1. The Bertz CT molecular complexity index is 453. The molecule has 0 bridgehead atoms. The number of benzene rings is 1. The van der Waals surface area contributed by atoms with Crippen LogP contribution in [0, 0.1) is 5.92 Å². The van der Waals surface area contributed by atoms with E-state index >= 15 is 0 Å². The zero-order valence-electron chi connectivity index (χ0n) is 14.1. The second kappa shape index (κ2) is 8.15. The standard InChI is InChI=1S/C17H27NO4/c1-13(2)15(12-19)18(11-14-9-7-6-8-10-14)22-16(20)21-17(3,4)5/h6-10,13,15,19H,11-12H2,1-5H3/t15-/m0/s1. The van der Waals surface area contributed by atoms with Gasteiger partial charge in [0.2, 0.25) is 0 Å². The van der Waals surface area contributed by atoms with Crippen molar-refractivity contribution in [2.45, 2.75) is 52.8 Å².